The van der Waals surface area contributed by atoms with Gasteiger partial charge in [-0.3, -0.25) is 0 Å². The first-order chi connectivity index (χ1) is 11.1. The van der Waals surface area contributed by atoms with Gasteiger partial charge in [-0.2, -0.15) is 5.10 Å². The van der Waals surface area contributed by atoms with E-state index in [0.29, 0.717) is 10.2 Å². The van der Waals surface area contributed by atoms with Crippen LogP contribution in [0.25, 0.3) is 5.69 Å². The predicted octanol–water partition coefficient (Wildman–Crippen LogP) is 4.13. The van der Waals surface area contributed by atoms with Crippen LogP contribution in [0.2, 0.25) is 0 Å². The molecule has 116 valence electrons. The first kappa shape index (κ1) is 15.4. The highest BCUT2D eigenvalue weighted by Crippen LogP contribution is 2.17. The average molecular weight is 375 g/mol. The standard InChI is InChI=1S/C17H12BrFN2O2/c18-12-6-7-16(19)15(10-12)17(22)23-11-13-8-9-21(20-13)14-4-2-1-3-5-14/h1-10H,11H2. The van der Waals surface area contributed by atoms with E-state index in [2.05, 4.69) is 21.0 Å². The van der Waals surface area contributed by atoms with Crippen LogP contribution in [-0.2, 0) is 11.3 Å². The molecule has 0 N–H and O–H groups in total. The first-order valence-electron chi connectivity index (χ1n) is 6.85. The topological polar surface area (TPSA) is 44.1 Å². The minimum absolute atomic E-state index is 0.0232. The highest BCUT2D eigenvalue weighted by atomic mass is 79.9. The average Bonchev–Trinajstić information content (AvgIpc) is 3.05. The molecule has 1 heterocycles. The Kier molecular flexibility index (Phi) is 4.52. The van der Waals surface area contributed by atoms with Crippen molar-refractivity contribution in [3.63, 3.8) is 0 Å². The van der Waals surface area contributed by atoms with Crippen LogP contribution in [0, 0.1) is 5.82 Å². The summed E-state index contributed by atoms with van der Waals surface area (Å²) in [6, 6.07) is 15.4. The maximum atomic E-state index is 13.6. The number of hydrogen-bond donors (Lipinski definition) is 0. The molecule has 3 rings (SSSR count). The summed E-state index contributed by atoms with van der Waals surface area (Å²) < 4.78 is 21.0. The molecule has 0 atom stereocenters. The normalized spacial score (nSPS) is 10.5. The third-order valence-corrected chi connectivity index (χ3v) is 3.66. The van der Waals surface area contributed by atoms with Crippen molar-refractivity contribution in [2.24, 2.45) is 0 Å². The van der Waals surface area contributed by atoms with Gasteiger partial charge >= 0.3 is 5.97 Å². The van der Waals surface area contributed by atoms with Crippen LogP contribution in [0.5, 0.6) is 0 Å². The van der Waals surface area contributed by atoms with Crippen molar-refractivity contribution in [1.29, 1.82) is 0 Å². The molecule has 0 bridgehead atoms. The van der Waals surface area contributed by atoms with Crippen molar-refractivity contribution in [1.82, 2.24) is 9.78 Å². The van der Waals surface area contributed by atoms with Gasteiger partial charge in [-0.1, -0.05) is 34.1 Å². The number of benzene rings is 2. The number of esters is 1. The van der Waals surface area contributed by atoms with Crippen LogP contribution in [-0.4, -0.2) is 15.7 Å². The summed E-state index contributed by atoms with van der Waals surface area (Å²) in [5.41, 5.74) is 1.38. The zero-order chi connectivity index (χ0) is 16.2. The van der Waals surface area contributed by atoms with Crippen molar-refractivity contribution in [2.45, 2.75) is 6.61 Å². The number of ether oxygens (including phenoxy) is 1. The second-order valence-corrected chi connectivity index (χ2v) is 5.70. The molecular formula is C17H12BrFN2O2. The molecule has 0 aliphatic rings. The minimum Gasteiger partial charge on any atom is -0.455 e. The Hall–Kier alpha value is -2.47. The van der Waals surface area contributed by atoms with Crippen molar-refractivity contribution in [3.05, 3.63) is 82.3 Å². The van der Waals surface area contributed by atoms with E-state index in [1.54, 1.807) is 16.9 Å². The fraction of sp³-hybridized carbons (Fsp3) is 0.0588. The Balaban J connectivity index is 1.68. The zero-order valence-electron chi connectivity index (χ0n) is 11.9. The number of para-hydroxylation sites is 1. The van der Waals surface area contributed by atoms with Crippen LogP contribution < -0.4 is 0 Å². The lowest BCUT2D eigenvalue weighted by molar-refractivity contribution is 0.0462. The third kappa shape index (κ3) is 3.65. The lowest BCUT2D eigenvalue weighted by Crippen LogP contribution is -2.08. The highest BCUT2D eigenvalue weighted by molar-refractivity contribution is 9.10. The second kappa shape index (κ2) is 6.75. The molecule has 2 aromatic carbocycles. The van der Waals surface area contributed by atoms with Gasteiger partial charge < -0.3 is 4.74 Å². The molecule has 4 nitrogen and oxygen atoms in total. The van der Waals surface area contributed by atoms with Crippen LogP contribution in [0.1, 0.15) is 16.1 Å². The van der Waals surface area contributed by atoms with Crippen LogP contribution in [0.3, 0.4) is 0 Å². The Labute approximate surface area is 140 Å². The lowest BCUT2D eigenvalue weighted by atomic mass is 10.2. The van der Waals surface area contributed by atoms with Crippen LogP contribution in [0.15, 0.2) is 65.3 Å². The molecule has 0 unspecified atom stereocenters. The summed E-state index contributed by atoms with van der Waals surface area (Å²) in [6.07, 6.45) is 1.78. The number of aromatic nitrogens is 2. The number of carbonyl (C=O) groups is 1. The molecule has 0 amide bonds. The van der Waals surface area contributed by atoms with E-state index in [1.165, 1.54) is 18.2 Å². The Morgan fingerprint density at radius 3 is 2.74 bits per heavy atom. The minimum atomic E-state index is -0.724. The van der Waals surface area contributed by atoms with Crippen molar-refractivity contribution >= 4 is 21.9 Å². The fourth-order valence-corrected chi connectivity index (χ4v) is 2.40. The molecule has 0 spiro atoms. The van der Waals surface area contributed by atoms with Gasteiger partial charge in [0.1, 0.15) is 18.1 Å². The number of halogens is 2. The van der Waals surface area contributed by atoms with E-state index in [4.69, 9.17) is 4.74 Å². The molecule has 0 fully saturated rings. The molecular weight excluding hydrogens is 363 g/mol. The molecule has 0 saturated carbocycles. The number of nitrogens with zero attached hydrogens (tertiary/aromatic N) is 2. The summed E-state index contributed by atoms with van der Waals surface area (Å²) in [7, 11) is 0. The molecule has 1 aromatic heterocycles. The van der Waals surface area contributed by atoms with E-state index in [-0.39, 0.29) is 12.2 Å². The largest absolute Gasteiger partial charge is 0.455 e. The summed E-state index contributed by atoms with van der Waals surface area (Å²) in [6.45, 7) is -0.0232. The monoisotopic (exact) mass is 374 g/mol. The summed E-state index contributed by atoms with van der Waals surface area (Å²) in [5.74, 6) is -1.34. The fourth-order valence-electron chi connectivity index (χ4n) is 2.03. The van der Waals surface area contributed by atoms with Gasteiger partial charge in [-0.25, -0.2) is 13.9 Å². The number of carbonyl (C=O) groups excluding carboxylic acids is 1. The molecule has 6 heteroatoms. The Bertz CT molecular complexity index is 834. The third-order valence-electron chi connectivity index (χ3n) is 3.16. The molecule has 0 aliphatic carbocycles. The van der Waals surface area contributed by atoms with Gasteiger partial charge in [-0.15, -0.1) is 0 Å². The predicted molar refractivity (Wildman–Crippen MR) is 86.8 cm³/mol. The summed E-state index contributed by atoms with van der Waals surface area (Å²) >= 11 is 3.20. The molecule has 0 radical (unpaired) electrons. The lowest BCUT2D eigenvalue weighted by Gasteiger charge is -2.05. The second-order valence-electron chi connectivity index (χ2n) is 4.79. The van der Waals surface area contributed by atoms with Gasteiger partial charge in [-0.05, 0) is 36.4 Å². The summed E-state index contributed by atoms with van der Waals surface area (Å²) in [5, 5.41) is 4.32. The van der Waals surface area contributed by atoms with Gasteiger partial charge in [0.25, 0.3) is 0 Å². The smallest absolute Gasteiger partial charge is 0.341 e. The van der Waals surface area contributed by atoms with E-state index < -0.39 is 11.8 Å². The highest BCUT2D eigenvalue weighted by Gasteiger charge is 2.14. The van der Waals surface area contributed by atoms with Gasteiger partial charge in [0.15, 0.2) is 0 Å². The Morgan fingerprint density at radius 2 is 1.96 bits per heavy atom. The van der Waals surface area contributed by atoms with Gasteiger partial charge in [0.05, 0.1) is 11.3 Å². The molecule has 23 heavy (non-hydrogen) atoms. The Morgan fingerprint density at radius 1 is 1.17 bits per heavy atom. The molecule has 3 aromatic rings. The van der Waals surface area contributed by atoms with E-state index >= 15 is 0 Å². The van der Waals surface area contributed by atoms with Gasteiger partial charge in [0, 0.05) is 10.7 Å². The van der Waals surface area contributed by atoms with E-state index in [0.717, 1.165) is 5.69 Å². The maximum absolute atomic E-state index is 13.6. The quantitative estimate of drug-likeness (QED) is 0.644. The van der Waals surface area contributed by atoms with Crippen molar-refractivity contribution < 1.29 is 13.9 Å². The molecule has 0 aliphatic heterocycles. The summed E-state index contributed by atoms with van der Waals surface area (Å²) in [4.78, 5) is 12.0. The van der Waals surface area contributed by atoms with Crippen LogP contribution in [0.4, 0.5) is 4.39 Å². The molecule has 0 saturated heterocycles. The van der Waals surface area contributed by atoms with E-state index in [9.17, 15) is 9.18 Å². The van der Waals surface area contributed by atoms with E-state index in [1.807, 2.05) is 30.3 Å². The van der Waals surface area contributed by atoms with Crippen molar-refractivity contribution in [2.75, 3.05) is 0 Å². The van der Waals surface area contributed by atoms with Crippen LogP contribution >= 0.6 is 15.9 Å². The number of rotatable bonds is 4. The van der Waals surface area contributed by atoms with Gasteiger partial charge in [0.2, 0.25) is 0 Å². The number of hydrogen-bond acceptors (Lipinski definition) is 3. The zero-order valence-corrected chi connectivity index (χ0v) is 13.5. The van der Waals surface area contributed by atoms with Crippen molar-refractivity contribution in [3.8, 4) is 5.69 Å². The SMILES string of the molecule is O=C(OCc1ccn(-c2ccccc2)n1)c1cc(Br)ccc1F. The maximum Gasteiger partial charge on any atom is 0.341 e. The first-order valence-corrected chi connectivity index (χ1v) is 7.65.